The van der Waals surface area contributed by atoms with E-state index >= 15 is 0 Å². The molecule has 0 radical (unpaired) electrons. The van der Waals surface area contributed by atoms with Crippen LogP contribution in [0.4, 0.5) is 0 Å². The normalized spacial score (nSPS) is 10.4. The Morgan fingerprint density at radius 2 is 2.19 bits per heavy atom. The molecule has 2 rings (SSSR count). The number of hydrogen-bond donors (Lipinski definition) is 0. The number of hydrogen-bond acceptors (Lipinski definition) is 4. The molecule has 0 aromatic carbocycles. The molecule has 0 aliphatic heterocycles. The molecule has 0 saturated carbocycles. The maximum Gasteiger partial charge on any atom is 0.348 e. The number of carbonyl (C=O) groups excluding carboxylic acids is 1. The Kier molecular flexibility index (Phi) is 2.47. The van der Waals surface area contributed by atoms with Crippen molar-refractivity contribution >= 4 is 5.97 Å². The molecular formula is C10H12N4O2. The van der Waals surface area contributed by atoms with Crippen LogP contribution in [0, 0.1) is 6.92 Å². The van der Waals surface area contributed by atoms with E-state index in [0.29, 0.717) is 17.1 Å². The van der Waals surface area contributed by atoms with E-state index in [1.54, 1.807) is 44.2 Å². The summed E-state index contributed by atoms with van der Waals surface area (Å²) in [4.78, 5) is 11.8. The molecule has 0 aliphatic rings. The zero-order valence-electron chi connectivity index (χ0n) is 9.34. The standard InChI is InChI=1S/C10H12N4O2/c1-7-8(6-13(2)12-7)10(15)16-9-4-5-11-14(9)3/h4-6H,1-3H3. The predicted octanol–water partition coefficient (Wildman–Crippen LogP) is 0.681. The van der Waals surface area contributed by atoms with E-state index in [1.807, 2.05) is 0 Å². The Morgan fingerprint density at radius 1 is 1.44 bits per heavy atom. The van der Waals surface area contributed by atoms with Crippen molar-refractivity contribution in [3.8, 4) is 5.88 Å². The molecule has 0 fully saturated rings. The van der Waals surface area contributed by atoms with Crippen molar-refractivity contribution in [2.45, 2.75) is 6.92 Å². The van der Waals surface area contributed by atoms with Crippen LogP contribution < -0.4 is 4.74 Å². The molecule has 2 aromatic heterocycles. The van der Waals surface area contributed by atoms with E-state index in [-0.39, 0.29) is 0 Å². The Morgan fingerprint density at radius 3 is 2.69 bits per heavy atom. The van der Waals surface area contributed by atoms with Gasteiger partial charge in [-0.3, -0.25) is 4.68 Å². The SMILES string of the molecule is Cc1nn(C)cc1C(=O)Oc1ccnn1C. The highest BCUT2D eigenvalue weighted by Crippen LogP contribution is 2.12. The lowest BCUT2D eigenvalue weighted by Crippen LogP contribution is -2.11. The highest BCUT2D eigenvalue weighted by atomic mass is 16.5. The number of carbonyl (C=O) groups is 1. The van der Waals surface area contributed by atoms with Crippen LogP contribution in [0.1, 0.15) is 16.1 Å². The summed E-state index contributed by atoms with van der Waals surface area (Å²) in [5.41, 5.74) is 1.11. The zero-order chi connectivity index (χ0) is 11.7. The van der Waals surface area contributed by atoms with Gasteiger partial charge in [0.05, 0.1) is 11.9 Å². The van der Waals surface area contributed by atoms with E-state index < -0.39 is 5.97 Å². The lowest BCUT2D eigenvalue weighted by molar-refractivity contribution is 0.0719. The monoisotopic (exact) mass is 220 g/mol. The molecule has 0 N–H and O–H groups in total. The van der Waals surface area contributed by atoms with Crippen molar-refractivity contribution in [3.63, 3.8) is 0 Å². The van der Waals surface area contributed by atoms with Crippen LogP contribution in [0.25, 0.3) is 0 Å². The summed E-state index contributed by atoms with van der Waals surface area (Å²) in [5.74, 6) is -0.0116. The highest BCUT2D eigenvalue weighted by molar-refractivity contribution is 5.91. The fraction of sp³-hybridized carbons (Fsp3) is 0.300. The second-order valence-electron chi connectivity index (χ2n) is 3.48. The van der Waals surface area contributed by atoms with Crippen molar-refractivity contribution < 1.29 is 9.53 Å². The van der Waals surface area contributed by atoms with E-state index in [9.17, 15) is 4.79 Å². The first-order valence-corrected chi connectivity index (χ1v) is 4.78. The number of aryl methyl sites for hydroxylation is 3. The largest absolute Gasteiger partial charge is 0.404 e. The number of aromatic nitrogens is 4. The summed E-state index contributed by atoms with van der Waals surface area (Å²) in [6.45, 7) is 1.76. The first kappa shape index (κ1) is 10.4. The number of nitrogens with zero attached hydrogens (tertiary/aromatic N) is 4. The summed E-state index contributed by atoms with van der Waals surface area (Å²) in [6.07, 6.45) is 3.20. The van der Waals surface area contributed by atoms with E-state index in [0.717, 1.165) is 0 Å². The van der Waals surface area contributed by atoms with Crippen molar-refractivity contribution in [2.24, 2.45) is 14.1 Å². The van der Waals surface area contributed by atoms with Gasteiger partial charge in [0.2, 0.25) is 5.88 Å². The third-order valence-corrected chi connectivity index (χ3v) is 2.21. The predicted molar refractivity (Wildman–Crippen MR) is 56.1 cm³/mol. The van der Waals surface area contributed by atoms with E-state index in [2.05, 4.69) is 10.2 Å². The minimum absolute atomic E-state index is 0.410. The average molecular weight is 220 g/mol. The van der Waals surface area contributed by atoms with Crippen LogP contribution in [0.2, 0.25) is 0 Å². The topological polar surface area (TPSA) is 61.9 Å². The summed E-state index contributed by atoms with van der Waals surface area (Å²) >= 11 is 0. The Balaban J connectivity index is 2.21. The molecule has 2 heterocycles. The Labute approximate surface area is 92.4 Å². The minimum Gasteiger partial charge on any atom is -0.404 e. The molecule has 0 aliphatic carbocycles. The molecule has 6 nitrogen and oxygen atoms in total. The number of esters is 1. The quantitative estimate of drug-likeness (QED) is 0.698. The van der Waals surface area contributed by atoms with Gasteiger partial charge < -0.3 is 4.74 Å². The van der Waals surface area contributed by atoms with Gasteiger partial charge in [-0.05, 0) is 6.92 Å². The molecule has 0 atom stereocenters. The molecule has 0 saturated heterocycles. The fourth-order valence-corrected chi connectivity index (χ4v) is 1.41. The summed E-state index contributed by atoms with van der Waals surface area (Å²) in [7, 11) is 3.46. The van der Waals surface area contributed by atoms with Gasteiger partial charge in [-0.15, -0.1) is 0 Å². The highest BCUT2D eigenvalue weighted by Gasteiger charge is 2.15. The molecule has 84 valence electrons. The second kappa shape index (κ2) is 3.80. The van der Waals surface area contributed by atoms with Crippen molar-refractivity contribution in [1.82, 2.24) is 19.6 Å². The first-order chi connectivity index (χ1) is 7.58. The van der Waals surface area contributed by atoms with Gasteiger partial charge >= 0.3 is 5.97 Å². The maximum atomic E-state index is 11.8. The van der Waals surface area contributed by atoms with Crippen LogP contribution in [0.15, 0.2) is 18.5 Å². The zero-order valence-corrected chi connectivity index (χ0v) is 9.34. The van der Waals surface area contributed by atoms with Gasteiger partial charge in [0, 0.05) is 26.4 Å². The van der Waals surface area contributed by atoms with E-state index in [1.165, 1.54) is 4.68 Å². The average Bonchev–Trinajstić information content (AvgIpc) is 2.74. The number of ether oxygens (including phenoxy) is 1. The second-order valence-corrected chi connectivity index (χ2v) is 3.48. The van der Waals surface area contributed by atoms with Crippen LogP contribution in [-0.4, -0.2) is 25.5 Å². The molecule has 0 spiro atoms. The number of rotatable bonds is 2. The van der Waals surface area contributed by atoms with Gasteiger partial charge in [0.15, 0.2) is 0 Å². The summed E-state index contributed by atoms with van der Waals surface area (Å²) in [5, 5.41) is 7.99. The minimum atomic E-state index is -0.422. The third kappa shape index (κ3) is 1.81. The van der Waals surface area contributed by atoms with Crippen LogP contribution in [0.5, 0.6) is 5.88 Å². The molecular weight excluding hydrogens is 208 g/mol. The summed E-state index contributed by atoms with van der Waals surface area (Å²) < 4.78 is 8.24. The van der Waals surface area contributed by atoms with E-state index in [4.69, 9.17) is 4.74 Å². The molecule has 16 heavy (non-hydrogen) atoms. The third-order valence-electron chi connectivity index (χ3n) is 2.21. The smallest absolute Gasteiger partial charge is 0.348 e. The fourth-order valence-electron chi connectivity index (χ4n) is 1.41. The van der Waals surface area contributed by atoms with Crippen LogP contribution in [-0.2, 0) is 14.1 Å². The van der Waals surface area contributed by atoms with Gasteiger partial charge in [0.1, 0.15) is 5.56 Å². The first-order valence-electron chi connectivity index (χ1n) is 4.78. The van der Waals surface area contributed by atoms with Crippen molar-refractivity contribution in [2.75, 3.05) is 0 Å². The lowest BCUT2D eigenvalue weighted by Gasteiger charge is -2.02. The maximum absolute atomic E-state index is 11.8. The lowest BCUT2D eigenvalue weighted by atomic mass is 10.3. The molecule has 0 bridgehead atoms. The molecule has 2 aromatic rings. The molecule has 6 heteroatoms. The van der Waals surface area contributed by atoms with Gasteiger partial charge in [0.25, 0.3) is 0 Å². The molecule has 0 unspecified atom stereocenters. The van der Waals surface area contributed by atoms with Crippen LogP contribution in [0.3, 0.4) is 0 Å². The van der Waals surface area contributed by atoms with Crippen molar-refractivity contribution in [3.05, 3.63) is 29.7 Å². The van der Waals surface area contributed by atoms with Gasteiger partial charge in [-0.1, -0.05) is 0 Å². The van der Waals surface area contributed by atoms with Crippen LogP contribution >= 0.6 is 0 Å². The summed E-state index contributed by atoms with van der Waals surface area (Å²) in [6, 6.07) is 1.63. The van der Waals surface area contributed by atoms with Gasteiger partial charge in [-0.25, -0.2) is 9.48 Å². The van der Waals surface area contributed by atoms with Gasteiger partial charge in [-0.2, -0.15) is 10.2 Å². The molecule has 0 amide bonds. The Hall–Kier alpha value is -2.11. The Bertz CT molecular complexity index is 527. The van der Waals surface area contributed by atoms with Crippen molar-refractivity contribution in [1.29, 1.82) is 0 Å².